The van der Waals surface area contributed by atoms with Crippen LogP contribution in [0, 0.1) is 5.92 Å². The average molecular weight is 325 g/mol. The first kappa shape index (κ1) is 12.5. The first-order valence-corrected chi connectivity index (χ1v) is 6.95. The highest BCUT2D eigenvalue weighted by molar-refractivity contribution is 9.10. The Labute approximate surface area is 118 Å². The van der Waals surface area contributed by atoms with Crippen molar-refractivity contribution in [1.82, 2.24) is 10.6 Å². The zero-order valence-corrected chi connectivity index (χ0v) is 11.6. The molecule has 3 rings (SSSR count). The van der Waals surface area contributed by atoms with Gasteiger partial charge in [-0.2, -0.15) is 0 Å². The highest BCUT2D eigenvalue weighted by Gasteiger charge is 2.43. The van der Waals surface area contributed by atoms with Crippen molar-refractivity contribution in [3.8, 4) is 5.75 Å². The monoisotopic (exact) mass is 324 g/mol. The van der Waals surface area contributed by atoms with E-state index in [9.17, 15) is 14.7 Å². The van der Waals surface area contributed by atoms with Crippen LogP contribution in [-0.2, 0) is 9.59 Å². The van der Waals surface area contributed by atoms with Gasteiger partial charge in [0.1, 0.15) is 17.8 Å². The van der Waals surface area contributed by atoms with E-state index >= 15 is 0 Å². The molecule has 2 fully saturated rings. The quantitative estimate of drug-likeness (QED) is 0.765. The molecular formula is C13H13BrN2O3. The van der Waals surface area contributed by atoms with Crippen LogP contribution in [0.3, 0.4) is 0 Å². The van der Waals surface area contributed by atoms with Crippen LogP contribution in [0.1, 0.15) is 24.4 Å². The Kier molecular flexibility index (Phi) is 2.97. The van der Waals surface area contributed by atoms with Crippen LogP contribution in [0.2, 0.25) is 0 Å². The summed E-state index contributed by atoms with van der Waals surface area (Å²) in [4.78, 5) is 24.0. The van der Waals surface area contributed by atoms with E-state index in [-0.39, 0.29) is 29.5 Å². The molecule has 1 aliphatic heterocycles. The van der Waals surface area contributed by atoms with Gasteiger partial charge >= 0.3 is 0 Å². The van der Waals surface area contributed by atoms with Crippen molar-refractivity contribution in [3.63, 3.8) is 0 Å². The van der Waals surface area contributed by atoms with Crippen molar-refractivity contribution in [3.05, 3.63) is 28.2 Å². The Hall–Kier alpha value is -1.56. The van der Waals surface area contributed by atoms with E-state index in [1.807, 2.05) is 0 Å². The number of hydrogen-bond acceptors (Lipinski definition) is 3. The van der Waals surface area contributed by atoms with Crippen LogP contribution < -0.4 is 10.6 Å². The molecule has 1 heterocycles. The molecule has 5 nitrogen and oxygen atoms in total. The topological polar surface area (TPSA) is 78.4 Å². The summed E-state index contributed by atoms with van der Waals surface area (Å²) in [5.74, 6) is 0.0593. The van der Waals surface area contributed by atoms with E-state index in [0.29, 0.717) is 10.0 Å². The summed E-state index contributed by atoms with van der Waals surface area (Å²) in [6, 6.07) is 3.68. The summed E-state index contributed by atoms with van der Waals surface area (Å²) in [7, 11) is 0. The zero-order valence-electron chi connectivity index (χ0n) is 10.0. The van der Waals surface area contributed by atoms with Crippen LogP contribution in [0.4, 0.5) is 0 Å². The largest absolute Gasteiger partial charge is 0.507 e. The van der Waals surface area contributed by atoms with E-state index in [1.165, 1.54) is 6.07 Å². The number of piperazine rings is 1. The molecule has 2 atom stereocenters. The molecule has 19 heavy (non-hydrogen) atoms. The third-order valence-electron chi connectivity index (χ3n) is 3.53. The molecule has 6 heteroatoms. The van der Waals surface area contributed by atoms with E-state index in [2.05, 4.69) is 26.6 Å². The summed E-state index contributed by atoms with van der Waals surface area (Å²) in [6.45, 7) is 0. The second-order valence-electron chi connectivity index (χ2n) is 4.98. The maximum Gasteiger partial charge on any atom is 0.247 e. The molecule has 1 unspecified atom stereocenters. The number of hydrogen-bond donors (Lipinski definition) is 3. The van der Waals surface area contributed by atoms with E-state index in [1.54, 1.807) is 12.1 Å². The minimum Gasteiger partial charge on any atom is -0.507 e. The summed E-state index contributed by atoms with van der Waals surface area (Å²) >= 11 is 3.20. The maximum absolute atomic E-state index is 12.1. The lowest BCUT2D eigenvalue weighted by atomic mass is 10.0. The third-order valence-corrected chi connectivity index (χ3v) is 4.16. The predicted octanol–water partition coefficient (Wildman–Crippen LogP) is 1.22. The van der Waals surface area contributed by atoms with Crippen molar-refractivity contribution in [1.29, 1.82) is 0 Å². The molecule has 2 amide bonds. The Bertz CT molecular complexity index is 557. The van der Waals surface area contributed by atoms with Crippen molar-refractivity contribution < 1.29 is 14.7 Å². The lowest BCUT2D eigenvalue weighted by Crippen LogP contribution is -2.58. The van der Waals surface area contributed by atoms with Crippen LogP contribution in [-0.4, -0.2) is 23.0 Å². The molecule has 0 spiro atoms. The molecule has 3 N–H and O–H groups in total. The second-order valence-corrected chi connectivity index (χ2v) is 5.83. The Morgan fingerprint density at radius 2 is 1.89 bits per heavy atom. The van der Waals surface area contributed by atoms with E-state index < -0.39 is 6.04 Å². The molecule has 100 valence electrons. The number of phenolic OH excluding ortho intramolecular Hbond substituents is 1. The van der Waals surface area contributed by atoms with Crippen LogP contribution in [0.5, 0.6) is 5.75 Å². The van der Waals surface area contributed by atoms with Gasteiger partial charge in [-0.1, -0.05) is 6.07 Å². The SMILES string of the molecule is O=C1N[C@@H](C2CC2)C(=O)NC1c1ccc(O)c(Br)c1. The lowest BCUT2D eigenvalue weighted by molar-refractivity contribution is -0.137. The Balaban J connectivity index is 1.83. The minimum atomic E-state index is -0.695. The predicted molar refractivity (Wildman–Crippen MR) is 71.3 cm³/mol. The van der Waals surface area contributed by atoms with Gasteiger partial charge in [-0.25, -0.2) is 0 Å². The van der Waals surface area contributed by atoms with Gasteiger partial charge in [-0.15, -0.1) is 0 Å². The first-order chi connectivity index (χ1) is 9.06. The third kappa shape index (κ3) is 2.32. The summed E-state index contributed by atoms with van der Waals surface area (Å²) in [5.41, 5.74) is 0.643. The van der Waals surface area contributed by atoms with Gasteiger partial charge in [-0.05, 0) is 52.4 Å². The molecule has 2 aliphatic rings. The van der Waals surface area contributed by atoms with Gasteiger partial charge < -0.3 is 15.7 Å². The summed E-state index contributed by atoms with van der Waals surface area (Å²) < 4.78 is 0.497. The normalized spacial score (nSPS) is 26.8. The van der Waals surface area contributed by atoms with Crippen molar-refractivity contribution >= 4 is 27.7 Å². The molecular weight excluding hydrogens is 312 g/mol. The van der Waals surface area contributed by atoms with Gasteiger partial charge in [0, 0.05) is 0 Å². The fraction of sp³-hybridized carbons (Fsp3) is 0.385. The average Bonchev–Trinajstić information content (AvgIpc) is 3.19. The number of nitrogens with one attached hydrogen (secondary N) is 2. The summed E-state index contributed by atoms with van der Waals surface area (Å²) in [5, 5.41) is 15.0. The van der Waals surface area contributed by atoms with Crippen LogP contribution >= 0.6 is 15.9 Å². The zero-order chi connectivity index (χ0) is 13.6. The number of carbonyl (C=O) groups excluding carboxylic acids is 2. The lowest BCUT2D eigenvalue weighted by Gasteiger charge is -2.30. The molecule has 1 aliphatic carbocycles. The highest BCUT2D eigenvalue weighted by Crippen LogP contribution is 2.35. The van der Waals surface area contributed by atoms with E-state index in [4.69, 9.17) is 0 Å². The molecule has 1 aromatic rings. The number of carbonyl (C=O) groups is 2. The molecule has 0 radical (unpaired) electrons. The van der Waals surface area contributed by atoms with Crippen LogP contribution in [0.25, 0.3) is 0 Å². The second kappa shape index (κ2) is 4.52. The number of rotatable bonds is 2. The van der Waals surface area contributed by atoms with E-state index in [0.717, 1.165) is 12.8 Å². The number of aromatic hydroxyl groups is 1. The summed E-state index contributed by atoms with van der Waals surface area (Å²) in [6.07, 6.45) is 1.99. The Morgan fingerprint density at radius 3 is 2.53 bits per heavy atom. The number of phenols is 1. The molecule has 1 saturated heterocycles. The number of halogens is 1. The Morgan fingerprint density at radius 1 is 1.16 bits per heavy atom. The van der Waals surface area contributed by atoms with Crippen molar-refractivity contribution in [2.75, 3.05) is 0 Å². The smallest absolute Gasteiger partial charge is 0.247 e. The minimum absolute atomic E-state index is 0.0992. The maximum atomic E-state index is 12.1. The number of benzene rings is 1. The molecule has 1 aromatic carbocycles. The fourth-order valence-electron chi connectivity index (χ4n) is 2.30. The van der Waals surface area contributed by atoms with Gasteiger partial charge in [0.25, 0.3) is 0 Å². The van der Waals surface area contributed by atoms with Gasteiger partial charge in [0.2, 0.25) is 11.8 Å². The standard InChI is InChI=1S/C13H13BrN2O3/c14-8-5-7(3-4-9(8)17)11-13(19)15-10(6-1-2-6)12(18)16-11/h3-6,10-11,17H,1-2H2,(H,15,19)(H,16,18)/t10-,11?/m0/s1. The van der Waals surface area contributed by atoms with Gasteiger partial charge in [0.05, 0.1) is 4.47 Å². The number of amides is 2. The molecule has 0 aromatic heterocycles. The highest BCUT2D eigenvalue weighted by atomic mass is 79.9. The first-order valence-electron chi connectivity index (χ1n) is 6.15. The fourth-order valence-corrected chi connectivity index (χ4v) is 2.70. The molecule has 0 bridgehead atoms. The molecule has 1 saturated carbocycles. The van der Waals surface area contributed by atoms with Gasteiger partial charge in [0.15, 0.2) is 0 Å². The van der Waals surface area contributed by atoms with Crippen molar-refractivity contribution in [2.45, 2.75) is 24.9 Å². The van der Waals surface area contributed by atoms with Crippen LogP contribution in [0.15, 0.2) is 22.7 Å². The van der Waals surface area contributed by atoms with Crippen molar-refractivity contribution in [2.24, 2.45) is 5.92 Å². The van der Waals surface area contributed by atoms with Gasteiger partial charge in [-0.3, -0.25) is 9.59 Å².